The number of aryl methyl sites for hydroxylation is 1. The first kappa shape index (κ1) is 18.5. The van der Waals surface area contributed by atoms with E-state index in [1.807, 2.05) is 36.4 Å². The summed E-state index contributed by atoms with van der Waals surface area (Å²) in [6.45, 7) is 2.08. The van der Waals surface area contributed by atoms with Crippen LogP contribution in [0.3, 0.4) is 0 Å². The van der Waals surface area contributed by atoms with Crippen LogP contribution in [-0.4, -0.2) is 24.2 Å². The highest BCUT2D eigenvalue weighted by Crippen LogP contribution is 2.43. The summed E-state index contributed by atoms with van der Waals surface area (Å²) < 4.78 is 10.8. The van der Waals surface area contributed by atoms with Crippen molar-refractivity contribution in [1.82, 2.24) is 9.97 Å². The molecule has 2 heterocycles. The van der Waals surface area contributed by atoms with Gasteiger partial charge in [-0.05, 0) is 19.1 Å². The fraction of sp³-hybridized carbons (Fsp3) is 0.143. The Bertz CT molecular complexity index is 1100. The SMILES string of the molecule is COc1cc(OC)cc(-c2sc(N)nc2-c2nc(-c3ccccc3)c(C)s2)c1. The third kappa shape index (κ3) is 3.46. The molecule has 0 aliphatic rings. The average molecular weight is 410 g/mol. The number of nitrogen functional groups attached to an aromatic ring is 1. The maximum atomic E-state index is 6.07. The van der Waals surface area contributed by atoms with E-state index in [-0.39, 0.29) is 0 Å². The van der Waals surface area contributed by atoms with E-state index in [1.54, 1.807) is 25.6 Å². The van der Waals surface area contributed by atoms with Crippen LogP contribution in [0, 0.1) is 6.92 Å². The molecule has 0 radical (unpaired) electrons. The van der Waals surface area contributed by atoms with Crippen molar-refractivity contribution in [1.29, 1.82) is 0 Å². The number of nitrogens with zero attached hydrogens (tertiary/aromatic N) is 2. The number of methoxy groups -OCH3 is 2. The minimum absolute atomic E-state index is 0.501. The van der Waals surface area contributed by atoms with Crippen LogP contribution in [0.1, 0.15) is 4.88 Å². The van der Waals surface area contributed by atoms with E-state index < -0.39 is 0 Å². The molecule has 0 atom stereocenters. The Morgan fingerprint density at radius 3 is 2.14 bits per heavy atom. The summed E-state index contributed by atoms with van der Waals surface area (Å²) in [6, 6.07) is 15.9. The van der Waals surface area contributed by atoms with Gasteiger partial charge in [-0.25, -0.2) is 9.97 Å². The predicted molar refractivity (Wildman–Crippen MR) is 116 cm³/mol. The van der Waals surface area contributed by atoms with Crippen molar-refractivity contribution in [3.63, 3.8) is 0 Å². The Hall–Kier alpha value is -2.90. The van der Waals surface area contributed by atoms with Gasteiger partial charge in [0, 0.05) is 22.1 Å². The van der Waals surface area contributed by atoms with Crippen LogP contribution in [0.2, 0.25) is 0 Å². The lowest BCUT2D eigenvalue weighted by atomic mass is 10.1. The minimum Gasteiger partial charge on any atom is -0.497 e. The van der Waals surface area contributed by atoms with E-state index in [1.165, 1.54) is 11.3 Å². The van der Waals surface area contributed by atoms with Gasteiger partial charge >= 0.3 is 0 Å². The number of hydrogen-bond donors (Lipinski definition) is 1. The molecule has 0 amide bonds. The van der Waals surface area contributed by atoms with Crippen LogP contribution in [0.4, 0.5) is 5.13 Å². The molecular weight excluding hydrogens is 390 g/mol. The van der Waals surface area contributed by atoms with Crippen molar-refractivity contribution < 1.29 is 9.47 Å². The van der Waals surface area contributed by atoms with Crippen LogP contribution >= 0.6 is 22.7 Å². The summed E-state index contributed by atoms with van der Waals surface area (Å²) in [6.07, 6.45) is 0. The first-order valence-corrected chi connectivity index (χ1v) is 10.3. The second kappa shape index (κ2) is 7.61. The van der Waals surface area contributed by atoms with Crippen LogP contribution < -0.4 is 15.2 Å². The molecule has 142 valence electrons. The average Bonchev–Trinajstić information content (AvgIpc) is 3.30. The number of benzene rings is 2. The van der Waals surface area contributed by atoms with E-state index in [2.05, 4.69) is 24.0 Å². The Morgan fingerprint density at radius 1 is 0.821 bits per heavy atom. The van der Waals surface area contributed by atoms with Crippen molar-refractivity contribution in [3.8, 4) is 43.9 Å². The molecule has 0 saturated carbocycles. The number of nitrogens with two attached hydrogens (primary N) is 1. The normalized spacial score (nSPS) is 10.8. The molecule has 5 nitrogen and oxygen atoms in total. The minimum atomic E-state index is 0.501. The number of rotatable bonds is 5. The van der Waals surface area contributed by atoms with Gasteiger partial charge in [-0.2, -0.15) is 0 Å². The van der Waals surface area contributed by atoms with Crippen molar-refractivity contribution in [3.05, 3.63) is 53.4 Å². The molecule has 2 aromatic heterocycles. The third-order valence-corrected chi connectivity index (χ3v) is 6.21. The molecule has 4 rings (SSSR count). The van der Waals surface area contributed by atoms with Gasteiger partial charge in [0.1, 0.15) is 22.2 Å². The standard InChI is InChI=1S/C21H19N3O2S2/c1-12-17(13-7-5-4-6-8-13)23-20(27-12)18-19(28-21(22)24-18)14-9-15(25-2)11-16(10-14)26-3/h4-11H,1-3H3,(H2,22,24). The van der Waals surface area contributed by atoms with Crippen molar-refractivity contribution in [2.75, 3.05) is 20.0 Å². The highest BCUT2D eigenvalue weighted by Gasteiger charge is 2.20. The van der Waals surface area contributed by atoms with Gasteiger partial charge in [0.15, 0.2) is 5.13 Å². The van der Waals surface area contributed by atoms with E-state index in [0.717, 1.165) is 37.3 Å². The summed E-state index contributed by atoms with van der Waals surface area (Å²) in [4.78, 5) is 11.5. The summed E-state index contributed by atoms with van der Waals surface area (Å²) in [5, 5.41) is 1.35. The first-order chi connectivity index (χ1) is 13.6. The zero-order valence-corrected chi connectivity index (χ0v) is 17.4. The van der Waals surface area contributed by atoms with Crippen molar-refractivity contribution in [2.45, 2.75) is 6.92 Å². The fourth-order valence-corrected chi connectivity index (χ4v) is 4.79. The molecule has 2 N–H and O–H groups in total. The maximum Gasteiger partial charge on any atom is 0.181 e. The lowest BCUT2D eigenvalue weighted by Crippen LogP contribution is -1.89. The molecule has 0 unspecified atom stereocenters. The highest BCUT2D eigenvalue weighted by molar-refractivity contribution is 7.20. The van der Waals surface area contributed by atoms with Gasteiger partial charge in [0.2, 0.25) is 0 Å². The maximum absolute atomic E-state index is 6.07. The summed E-state index contributed by atoms with van der Waals surface area (Å²) in [5.41, 5.74) is 9.86. The second-order valence-electron chi connectivity index (χ2n) is 6.12. The Labute approximate surface area is 171 Å². The fourth-order valence-electron chi connectivity index (χ4n) is 2.98. The van der Waals surface area contributed by atoms with E-state index in [9.17, 15) is 0 Å². The number of anilines is 1. The van der Waals surface area contributed by atoms with E-state index >= 15 is 0 Å². The number of ether oxygens (including phenoxy) is 2. The largest absolute Gasteiger partial charge is 0.497 e. The third-order valence-electron chi connectivity index (χ3n) is 4.30. The quantitative estimate of drug-likeness (QED) is 0.471. The molecule has 2 aromatic carbocycles. The van der Waals surface area contributed by atoms with Crippen LogP contribution in [0.15, 0.2) is 48.5 Å². The molecule has 4 aromatic rings. The van der Waals surface area contributed by atoms with Gasteiger partial charge in [0.25, 0.3) is 0 Å². The zero-order chi connectivity index (χ0) is 19.7. The van der Waals surface area contributed by atoms with Gasteiger partial charge < -0.3 is 15.2 Å². The van der Waals surface area contributed by atoms with Crippen LogP contribution in [-0.2, 0) is 0 Å². The lowest BCUT2D eigenvalue weighted by molar-refractivity contribution is 0.394. The molecule has 0 aliphatic heterocycles. The topological polar surface area (TPSA) is 70.3 Å². The van der Waals surface area contributed by atoms with Gasteiger partial charge in [-0.3, -0.25) is 0 Å². The number of hydrogen-bond acceptors (Lipinski definition) is 7. The van der Waals surface area contributed by atoms with Crippen molar-refractivity contribution >= 4 is 27.8 Å². The summed E-state index contributed by atoms with van der Waals surface area (Å²) in [5.74, 6) is 1.43. The van der Waals surface area contributed by atoms with Gasteiger partial charge in [-0.15, -0.1) is 11.3 Å². The highest BCUT2D eigenvalue weighted by atomic mass is 32.1. The Balaban J connectivity index is 1.84. The molecule has 7 heteroatoms. The molecule has 0 spiro atoms. The van der Waals surface area contributed by atoms with Crippen LogP contribution in [0.25, 0.3) is 32.4 Å². The monoisotopic (exact) mass is 409 g/mol. The molecule has 0 bridgehead atoms. The van der Waals surface area contributed by atoms with Gasteiger partial charge in [0.05, 0.1) is 24.8 Å². The molecule has 28 heavy (non-hydrogen) atoms. The zero-order valence-electron chi connectivity index (χ0n) is 15.7. The van der Waals surface area contributed by atoms with E-state index in [0.29, 0.717) is 16.6 Å². The van der Waals surface area contributed by atoms with E-state index in [4.69, 9.17) is 20.2 Å². The van der Waals surface area contributed by atoms with Crippen LogP contribution in [0.5, 0.6) is 11.5 Å². The first-order valence-electron chi connectivity index (χ1n) is 8.62. The Morgan fingerprint density at radius 2 is 1.50 bits per heavy atom. The summed E-state index contributed by atoms with van der Waals surface area (Å²) in [7, 11) is 3.27. The lowest BCUT2D eigenvalue weighted by Gasteiger charge is -2.08. The number of aromatic nitrogens is 2. The molecule has 0 fully saturated rings. The van der Waals surface area contributed by atoms with Crippen molar-refractivity contribution in [2.24, 2.45) is 0 Å². The number of thiazole rings is 2. The van der Waals surface area contributed by atoms with Gasteiger partial charge in [-0.1, -0.05) is 41.7 Å². The molecule has 0 aliphatic carbocycles. The molecule has 0 saturated heterocycles. The summed E-state index contributed by atoms with van der Waals surface area (Å²) >= 11 is 3.05. The second-order valence-corrected chi connectivity index (χ2v) is 8.35. The molecular formula is C21H19N3O2S2. The Kier molecular flexibility index (Phi) is 5.02. The smallest absolute Gasteiger partial charge is 0.181 e. The predicted octanol–water partition coefficient (Wildman–Crippen LogP) is 5.51.